The molecule has 0 aromatic rings. The Labute approximate surface area is 100 Å². The van der Waals surface area contributed by atoms with E-state index in [1.54, 1.807) is 5.57 Å². The van der Waals surface area contributed by atoms with Crippen LogP contribution in [0.15, 0.2) is 28.4 Å². The van der Waals surface area contributed by atoms with Gasteiger partial charge in [0.1, 0.15) is 0 Å². The summed E-state index contributed by atoms with van der Waals surface area (Å²) in [5.74, 6) is 1.70. The Hall–Kier alpha value is -0.850. The molecule has 90 valence electrons. The zero-order chi connectivity index (χ0) is 12.0. The van der Waals surface area contributed by atoms with Gasteiger partial charge in [0.25, 0.3) is 0 Å². The van der Waals surface area contributed by atoms with Crippen molar-refractivity contribution in [3.8, 4) is 0 Å². The zero-order valence-corrected chi connectivity index (χ0v) is 11.0. The van der Waals surface area contributed by atoms with Gasteiger partial charge < -0.3 is 0 Å². The standard InChI is InChI=1S/C15H25N/c1-12(2)15(11-8-13(3)16-4)7-5-6-14-9-10-14/h8,11-12,14H,4-7,9-10H2,1-3H3/b13-8-,15-11+. The highest BCUT2D eigenvalue weighted by atomic mass is 14.7. The quantitative estimate of drug-likeness (QED) is 0.432. The molecule has 1 rings (SSSR count). The molecule has 0 unspecified atom stereocenters. The molecule has 0 saturated heterocycles. The van der Waals surface area contributed by atoms with E-state index in [1.165, 1.54) is 32.1 Å². The average molecular weight is 219 g/mol. The minimum absolute atomic E-state index is 0.646. The number of hydrogen-bond acceptors (Lipinski definition) is 1. The Balaban J connectivity index is 2.41. The normalized spacial score (nSPS) is 18.0. The monoisotopic (exact) mass is 219 g/mol. The first-order valence-corrected chi connectivity index (χ1v) is 6.47. The second kappa shape index (κ2) is 6.67. The van der Waals surface area contributed by atoms with Crippen molar-refractivity contribution in [1.29, 1.82) is 0 Å². The maximum Gasteiger partial charge on any atom is 0.0365 e. The van der Waals surface area contributed by atoms with Gasteiger partial charge >= 0.3 is 0 Å². The van der Waals surface area contributed by atoms with Gasteiger partial charge in [-0.05, 0) is 44.4 Å². The molecule has 1 saturated carbocycles. The van der Waals surface area contributed by atoms with Gasteiger partial charge in [-0.1, -0.05) is 44.8 Å². The van der Waals surface area contributed by atoms with Crippen molar-refractivity contribution in [2.24, 2.45) is 16.8 Å². The van der Waals surface area contributed by atoms with Gasteiger partial charge in [0, 0.05) is 5.70 Å². The predicted molar refractivity (Wildman–Crippen MR) is 72.8 cm³/mol. The number of hydrogen-bond donors (Lipinski definition) is 0. The van der Waals surface area contributed by atoms with Crippen LogP contribution < -0.4 is 0 Å². The van der Waals surface area contributed by atoms with Crippen molar-refractivity contribution in [1.82, 2.24) is 0 Å². The van der Waals surface area contributed by atoms with Gasteiger partial charge in [-0.25, -0.2) is 0 Å². The van der Waals surface area contributed by atoms with E-state index >= 15 is 0 Å². The van der Waals surface area contributed by atoms with Crippen LogP contribution in [0.4, 0.5) is 0 Å². The second-order valence-corrected chi connectivity index (χ2v) is 5.20. The van der Waals surface area contributed by atoms with Crippen LogP contribution in [-0.2, 0) is 0 Å². The molecule has 0 N–H and O–H groups in total. The Morgan fingerprint density at radius 1 is 1.38 bits per heavy atom. The lowest BCUT2D eigenvalue weighted by Gasteiger charge is -2.10. The van der Waals surface area contributed by atoms with Crippen molar-refractivity contribution in [3.05, 3.63) is 23.4 Å². The molecule has 0 aromatic heterocycles. The molecule has 0 radical (unpaired) electrons. The molecule has 0 heterocycles. The summed E-state index contributed by atoms with van der Waals surface area (Å²) in [7, 11) is 0. The van der Waals surface area contributed by atoms with Crippen molar-refractivity contribution in [2.45, 2.75) is 52.9 Å². The zero-order valence-electron chi connectivity index (χ0n) is 11.0. The lowest BCUT2D eigenvalue weighted by Crippen LogP contribution is -1.94. The summed E-state index contributed by atoms with van der Waals surface area (Å²) >= 11 is 0. The summed E-state index contributed by atoms with van der Waals surface area (Å²) in [4.78, 5) is 3.90. The molecule has 0 aliphatic heterocycles. The van der Waals surface area contributed by atoms with E-state index in [4.69, 9.17) is 0 Å². The van der Waals surface area contributed by atoms with Crippen molar-refractivity contribution in [2.75, 3.05) is 0 Å². The van der Waals surface area contributed by atoms with Gasteiger partial charge in [-0.2, -0.15) is 0 Å². The van der Waals surface area contributed by atoms with Crippen LogP contribution in [0.25, 0.3) is 0 Å². The molecule has 0 bridgehead atoms. The van der Waals surface area contributed by atoms with Crippen LogP contribution in [0.5, 0.6) is 0 Å². The fourth-order valence-electron chi connectivity index (χ4n) is 1.85. The third-order valence-electron chi connectivity index (χ3n) is 3.30. The summed E-state index contributed by atoms with van der Waals surface area (Å²) in [6, 6.07) is 0. The summed E-state index contributed by atoms with van der Waals surface area (Å²) in [5, 5.41) is 0. The van der Waals surface area contributed by atoms with E-state index in [-0.39, 0.29) is 0 Å². The first-order chi connectivity index (χ1) is 7.63. The summed E-state index contributed by atoms with van der Waals surface area (Å²) in [6.45, 7) is 10.1. The number of allylic oxidation sites excluding steroid dienone is 4. The van der Waals surface area contributed by atoms with Crippen LogP contribution in [0.3, 0.4) is 0 Å². The van der Waals surface area contributed by atoms with Crippen LogP contribution in [0.2, 0.25) is 0 Å². The van der Waals surface area contributed by atoms with Crippen molar-refractivity contribution < 1.29 is 0 Å². The van der Waals surface area contributed by atoms with Gasteiger partial charge in [0.05, 0.1) is 0 Å². The Kier molecular flexibility index (Phi) is 5.51. The maximum atomic E-state index is 3.90. The molecule has 1 fully saturated rings. The van der Waals surface area contributed by atoms with Crippen molar-refractivity contribution >= 4 is 6.72 Å². The molecule has 1 aliphatic carbocycles. The first kappa shape index (κ1) is 13.2. The number of rotatable bonds is 7. The van der Waals surface area contributed by atoms with E-state index in [9.17, 15) is 0 Å². The third kappa shape index (κ3) is 5.29. The lowest BCUT2D eigenvalue weighted by molar-refractivity contribution is 0.621. The summed E-state index contributed by atoms with van der Waals surface area (Å²) < 4.78 is 0. The highest BCUT2D eigenvalue weighted by molar-refractivity contribution is 5.30. The van der Waals surface area contributed by atoms with Crippen molar-refractivity contribution in [3.63, 3.8) is 0 Å². The van der Waals surface area contributed by atoms with Crippen LogP contribution >= 0.6 is 0 Å². The maximum absolute atomic E-state index is 3.90. The fourth-order valence-corrected chi connectivity index (χ4v) is 1.85. The van der Waals surface area contributed by atoms with Crippen LogP contribution in [0, 0.1) is 11.8 Å². The lowest BCUT2D eigenvalue weighted by atomic mass is 9.96. The fraction of sp³-hybridized carbons (Fsp3) is 0.667. The first-order valence-electron chi connectivity index (χ1n) is 6.47. The smallest absolute Gasteiger partial charge is 0.0365 e. The molecule has 16 heavy (non-hydrogen) atoms. The van der Waals surface area contributed by atoms with E-state index < -0.39 is 0 Å². The number of nitrogens with zero attached hydrogens (tertiary/aromatic N) is 1. The van der Waals surface area contributed by atoms with E-state index in [0.29, 0.717) is 5.92 Å². The minimum atomic E-state index is 0.646. The van der Waals surface area contributed by atoms with E-state index in [1.807, 2.05) is 6.92 Å². The van der Waals surface area contributed by atoms with E-state index in [0.717, 1.165) is 11.6 Å². The van der Waals surface area contributed by atoms with Crippen LogP contribution in [-0.4, -0.2) is 6.72 Å². The van der Waals surface area contributed by atoms with Gasteiger partial charge in [0.15, 0.2) is 0 Å². The highest BCUT2D eigenvalue weighted by Gasteiger charge is 2.20. The minimum Gasteiger partial charge on any atom is -0.269 e. The largest absolute Gasteiger partial charge is 0.269 e. The molecular formula is C15H25N. The Morgan fingerprint density at radius 3 is 2.56 bits per heavy atom. The average Bonchev–Trinajstić information content (AvgIpc) is 3.05. The molecular weight excluding hydrogens is 194 g/mol. The topological polar surface area (TPSA) is 12.4 Å². The SMILES string of the molecule is C=N/C(C)=C\C=C(/CCCC1CC1)C(C)C. The molecule has 1 nitrogen and oxygen atoms in total. The summed E-state index contributed by atoms with van der Waals surface area (Å²) in [6.07, 6.45) is 11.3. The molecule has 0 amide bonds. The third-order valence-corrected chi connectivity index (χ3v) is 3.30. The highest BCUT2D eigenvalue weighted by Crippen LogP contribution is 2.34. The molecule has 0 atom stereocenters. The van der Waals surface area contributed by atoms with Gasteiger partial charge in [-0.15, -0.1) is 0 Å². The summed E-state index contributed by atoms with van der Waals surface area (Å²) in [5.41, 5.74) is 2.55. The molecule has 0 aromatic carbocycles. The Bertz CT molecular complexity index is 280. The predicted octanol–water partition coefficient (Wildman–Crippen LogP) is 4.75. The van der Waals surface area contributed by atoms with E-state index in [2.05, 4.69) is 37.7 Å². The molecule has 1 heteroatoms. The number of aliphatic imine (C=N–C) groups is 1. The van der Waals surface area contributed by atoms with Gasteiger partial charge in [-0.3, -0.25) is 4.99 Å². The second-order valence-electron chi connectivity index (χ2n) is 5.20. The molecule has 1 aliphatic rings. The van der Waals surface area contributed by atoms with Gasteiger partial charge in [0.2, 0.25) is 0 Å². The van der Waals surface area contributed by atoms with Crippen LogP contribution in [0.1, 0.15) is 52.9 Å². The Morgan fingerprint density at radius 2 is 2.06 bits per heavy atom. The molecule has 0 spiro atoms.